The second-order valence-electron chi connectivity index (χ2n) is 4.55. The Kier molecular flexibility index (Phi) is 3.70. The molecule has 1 aliphatic heterocycles. The van der Waals surface area contributed by atoms with E-state index in [2.05, 4.69) is 10.5 Å². The molecule has 0 bridgehead atoms. The van der Waals surface area contributed by atoms with E-state index in [0.29, 0.717) is 17.2 Å². The molecule has 3 N–H and O–H groups in total. The van der Waals surface area contributed by atoms with Gasteiger partial charge >= 0.3 is 0 Å². The minimum Gasteiger partial charge on any atom is -0.454 e. The van der Waals surface area contributed by atoms with Gasteiger partial charge in [-0.05, 0) is 48.0 Å². The Hall–Kier alpha value is -2.58. The lowest BCUT2D eigenvalue weighted by Crippen LogP contribution is -2.11. The van der Waals surface area contributed by atoms with E-state index in [1.54, 1.807) is 18.3 Å². The van der Waals surface area contributed by atoms with Crippen molar-refractivity contribution in [1.82, 2.24) is 0 Å². The summed E-state index contributed by atoms with van der Waals surface area (Å²) < 4.78 is 32.8. The average Bonchev–Trinajstić information content (AvgIpc) is 2.94. The number of rotatable bonds is 4. The van der Waals surface area contributed by atoms with Gasteiger partial charge in [0.15, 0.2) is 11.5 Å². The van der Waals surface area contributed by atoms with E-state index in [4.69, 9.17) is 14.6 Å². The van der Waals surface area contributed by atoms with Crippen LogP contribution in [-0.2, 0) is 10.0 Å². The van der Waals surface area contributed by atoms with Crippen LogP contribution in [0.5, 0.6) is 11.5 Å². The van der Waals surface area contributed by atoms with Crippen LogP contribution in [0, 0.1) is 0 Å². The molecule has 0 amide bonds. The maximum absolute atomic E-state index is 11.1. The summed E-state index contributed by atoms with van der Waals surface area (Å²) in [5.74, 6) is 1.39. The van der Waals surface area contributed by atoms with Gasteiger partial charge in [-0.2, -0.15) is 5.10 Å². The summed E-state index contributed by atoms with van der Waals surface area (Å²) in [5.41, 5.74) is 4.29. The highest BCUT2D eigenvalue weighted by Gasteiger charge is 2.12. The van der Waals surface area contributed by atoms with Gasteiger partial charge in [-0.3, -0.25) is 5.43 Å². The number of primary sulfonamides is 1. The quantitative estimate of drug-likeness (QED) is 0.657. The summed E-state index contributed by atoms with van der Waals surface area (Å²) in [6.07, 6.45) is 1.62. The highest BCUT2D eigenvalue weighted by Crippen LogP contribution is 2.31. The molecule has 1 heterocycles. The van der Waals surface area contributed by atoms with Gasteiger partial charge < -0.3 is 9.47 Å². The number of hydrazone groups is 1. The molecule has 0 aromatic heterocycles. The highest BCUT2D eigenvalue weighted by molar-refractivity contribution is 7.89. The molecule has 0 saturated carbocycles. The Morgan fingerprint density at radius 3 is 2.55 bits per heavy atom. The van der Waals surface area contributed by atoms with Crippen molar-refractivity contribution in [2.45, 2.75) is 4.90 Å². The lowest BCUT2D eigenvalue weighted by molar-refractivity contribution is 0.174. The zero-order valence-corrected chi connectivity index (χ0v) is 12.2. The van der Waals surface area contributed by atoms with Gasteiger partial charge in [0.25, 0.3) is 0 Å². The van der Waals surface area contributed by atoms with Crippen LogP contribution in [0.15, 0.2) is 52.5 Å². The van der Waals surface area contributed by atoms with E-state index in [9.17, 15) is 8.42 Å². The monoisotopic (exact) mass is 319 g/mol. The third-order valence-electron chi connectivity index (χ3n) is 2.99. The number of hydrogen-bond donors (Lipinski definition) is 2. The predicted octanol–water partition coefficient (Wildman–Crippen LogP) is 1.51. The van der Waals surface area contributed by atoms with Crippen LogP contribution >= 0.6 is 0 Å². The summed E-state index contributed by atoms with van der Waals surface area (Å²) in [4.78, 5) is 0.0535. The highest BCUT2D eigenvalue weighted by atomic mass is 32.2. The van der Waals surface area contributed by atoms with Crippen molar-refractivity contribution >= 4 is 21.9 Å². The molecule has 0 fully saturated rings. The fourth-order valence-corrected chi connectivity index (χ4v) is 2.41. The number of anilines is 1. The van der Waals surface area contributed by atoms with Crippen LogP contribution in [0.2, 0.25) is 0 Å². The van der Waals surface area contributed by atoms with Crippen molar-refractivity contribution in [2.75, 3.05) is 12.2 Å². The van der Waals surface area contributed by atoms with Gasteiger partial charge in [-0.15, -0.1) is 0 Å². The summed E-state index contributed by atoms with van der Waals surface area (Å²) in [6, 6.07) is 11.5. The molecule has 0 atom stereocenters. The van der Waals surface area contributed by atoms with Crippen LogP contribution in [0.4, 0.5) is 5.69 Å². The zero-order valence-electron chi connectivity index (χ0n) is 11.4. The van der Waals surface area contributed by atoms with Gasteiger partial charge in [-0.25, -0.2) is 13.6 Å². The van der Waals surface area contributed by atoms with E-state index in [0.717, 1.165) is 5.56 Å². The lowest BCUT2D eigenvalue weighted by Gasteiger charge is -2.02. The van der Waals surface area contributed by atoms with E-state index in [1.165, 1.54) is 12.1 Å². The van der Waals surface area contributed by atoms with Crippen molar-refractivity contribution in [2.24, 2.45) is 10.2 Å². The third kappa shape index (κ3) is 3.18. The van der Waals surface area contributed by atoms with Gasteiger partial charge in [0.05, 0.1) is 16.8 Å². The van der Waals surface area contributed by atoms with Crippen LogP contribution in [0.1, 0.15) is 5.56 Å². The van der Waals surface area contributed by atoms with Crippen molar-refractivity contribution in [3.05, 3.63) is 48.0 Å². The molecular formula is C14H13N3O4S. The molecule has 8 heteroatoms. The SMILES string of the molecule is NS(=O)(=O)c1ccc(N/N=C/c2ccc3c(c2)OCO3)cc1. The predicted molar refractivity (Wildman–Crippen MR) is 81.6 cm³/mol. The summed E-state index contributed by atoms with van der Waals surface area (Å²) in [6.45, 7) is 0.227. The van der Waals surface area contributed by atoms with E-state index < -0.39 is 10.0 Å². The van der Waals surface area contributed by atoms with E-state index in [-0.39, 0.29) is 11.7 Å². The number of nitrogens with two attached hydrogens (primary N) is 1. The van der Waals surface area contributed by atoms with Crippen LogP contribution in [0.25, 0.3) is 0 Å². The Morgan fingerprint density at radius 2 is 1.82 bits per heavy atom. The standard InChI is InChI=1S/C14H13N3O4S/c15-22(18,19)12-4-2-11(3-5-12)17-16-8-10-1-6-13-14(7-10)21-9-20-13/h1-8,17H,9H2,(H2,15,18,19)/b16-8+. The number of fused-ring (bicyclic) bond motifs is 1. The molecule has 22 heavy (non-hydrogen) atoms. The molecule has 0 unspecified atom stereocenters. The molecule has 2 aromatic carbocycles. The van der Waals surface area contributed by atoms with Gasteiger partial charge in [0, 0.05) is 0 Å². The Morgan fingerprint density at radius 1 is 1.09 bits per heavy atom. The van der Waals surface area contributed by atoms with E-state index >= 15 is 0 Å². The molecule has 0 spiro atoms. The maximum atomic E-state index is 11.1. The van der Waals surface area contributed by atoms with Crippen molar-refractivity contribution in [3.63, 3.8) is 0 Å². The van der Waals surface area contributed by atoms with Gasteiger partial charge in [-0.1, -0.05) is 0 Å². The first-order valence-electron chi connectivity index (χ1n) is 6.34. The van der Waals surface area contributed by atoms with Gasteiger partial charge in [0.1, 0.15) is 0 Å². The fraction of sp³-hybridized carbons (Fsp3) is 0.0714. The van der Waals surface area contributed by atoms with Crippen molar-refractivity contribution in [3.8, 4) is 11.5 Å². The Balaban J connectivity index is 1.67. The number of hydrogen-bond acceptors (Lipinski definition) is 6. The van der Waals surface area contributed by atoms with Crippen LogP contribution in [-0.4, -0.2) is 21.4 Å². The fourth-order valence-electron chi connectivity index (χ4n) is 1.89. The molecule has 0 aliphatic carbocycles. The molecule has 3 rings (SSSR count). The Bertz CT molecular complexity index is 816. The van der Waals surface area contributed by atoms with Crippen molar-refractivity contribution < 1.29 is 17.9 Å². The smallest absolute Gasteiger partial charge is 0.238 e. The molecular weight excluding hydrogens is 306 g/mol. The largest absolute Gasteiger partial charge is 0.454 e. The lowest BCUT2D eigenvalue weighted by atomic mass is 10.2. The summed E-state index contributed by atoms with van der Waals surface area (Å²) in [7, 11) is -3.68. The zero-order chi connectivity index (χ0) is 15.6. The molecule has 0 saturated heterocycles. The van der Waals surface area contributed by atoms with E-state index in [1.807, 2.05) is 18.2 Å². The normalized spacial score (nSPS) is 13.5. The maximum Gasteiger partial charge on any atom is 0.238 e. The second kappa shape index (κ2) is 5.66. The molecule has 0 radical (unpaired) electrons. The molecule has 1 aliphatic rings. The van der Waals surface area contributed by atoms with Crippen molar-refractivity contribution in [1.29, 1.82) is 0 Å². The Labute approximate surface area is 127 Å². The molecule has 7 nitrogen and oxygen atoms in total. The van der Waals surface area contributed by atoms with Crippen LogP contribution < -0.4 is 20.0 Å². The molecule has 114 valence electrons. The summed E-state index contributed by atoms with van der Waals surface area (Å²) in [5, 5.41) is 9.10. The number of nitrogens with one attached hydrogen (secondary N) is 1. The second-order valence-corrected chi connectivity index (χ2v) is 6.11. The number of ether oxygens (including phenoxy) is 2. The summed E-state index contributed by atoms with van der Waals surface area (Å²) >= 11 is 0. The number of benzene rings is 2. The molecule has 2 aromatic rings. The first-order valence-corrected chi connectivity index (χ1v) is 7.88. The first kappa shape index (κ1) is 14.4. The topological polar surface area (TPSA) is 103 Å². The van der Waals surface area contributed by atoms with Crippen LogP contribution in [0.3, 0.4) is 0 Å². The first-order chi connectivity index (χ1) is 10.5. The number of nitrogens with zero attached hydrogens (tertiary/aromatic N) is 1. The third-order valence-corrected chi connectivity index (χ3v) is 3.92. The minimum atomic E-state index is -3.68. The van der Waals surface area contributed by atoms with Gasteiger partial charge in [0.2, 0.25) is 16.8 Å². The minimum absolute atomic E-state index is 0.0535. The number of sulfonamides is 1. The average molecular weight is 319 g/mol.